The van der Waals surface area contributed by atoms with E-state index in [1.54, 1.807) is 49.4 Å². The predicted molar refractivity (Wildman–Crippen MR) is 91.8 cm³/mol. The number of hydrogen-bond acceptors (Lipinski definition) is 4. The first kappa shape index (κ1) is 16.4. The highest BCUT2D eigenvalue weighted by atomic mass is 19.1. The van der Waals surface area contributed by atoms with Crippen molar-refractivity contribution < 1.29 is 14.3 Å². The second-order valence-corrected chi connectivity index (χ2v) is 5.33. The fourth-order valence-electron chi connectivity index (χ4n) is 2.24. The summed E-state index contributed by atoms with van der Waals surface area (Å²) in [5.41, 5.74) is 4.82. The van der Waals surface area contributed by atoms with Gasteiger partial charge in [0.2, 0.25) is 0 Å². The Morgan fingerprint density at radius 1 is 1.20 bits per heavy atom. The molecule has 0 bridgehead atoms. The van der Waals surface area contributed by atoms with Crippen LogP contribution in [0.5, 0.6) is 5.75 Å². The summed E-state index contributed by atoms with van der Waals surface area (Å²) in [6, 6.07) is 14.1. The lowest BCUT2D eigenvalue weighted by Crippen LogP contribution is -2.19. The number of phenols is 1. The number of H-pyrrole nitrogens is 1. The number of hydrazone groups is 1. The van der Waals surface area contributed by atoms with E-state index in [-0.39, 0.29) is 17.3 Å². The number of aromatic nitrogens is 2. The maximum atomic E-state index is 13.0. The predicted octanol–water partition coefficient (Wildman–Crippen LogP) is 3.08. The Bertz CT molecular complexity index is 932. The summed E-state index contributed by atoms with van der Waals surface area (Å²) >= 11 is 0. The molecule has 1 heterocycles. The van der Waals surface area contributed by atoms with E-state index in [0.717, 1.165) is 0 Å². The molecule has 0 unspecified atom stereocenters. The average Bonchev–Trinajstić information content (AvgIpc) is 3.10. The Morgan fingerprint density at radius 2 is 1.92 bits per heavy atom. The summed E-state index contributed by atoms with van der Waals surface area (Å²) in [6.45, 7) is 1.67. The Balaban J connectivity index is 1.73. The van der Waals surface area contributed by atoms with Gasteiger partial charge in [-0.1, -0.05) is 12.1 Å². The highest BCUT2D eigenvalue weighted by Crippen LogP contribution is 2.18. The van der Waals surface area contributed by atoms with Gasteiger partial charge in [-0.2, -0.15) is 10.2 Å². The largest absolute Gasteiger partial charge is 0.507 e. The number of benzene rings is 2. The van der Waals surface area contributed by atoms with E-state index in [4.69, 9.17) is 0 Å². The van der Waals surface area contributed by atoms with E-state index in [1.807, 2.05) is 0 Å². The van der Waals surface area contributed by atoms with E-state index >= 15 is 0 Å². The molecule has 25 heavy (non-hydrogen) atoms. The molecule has 0 fully saturated rings. The molecule has 6 nitrogen and oxygen atoms in total. The minimum absolute atomic E-state index is 0.0816. The molecule has 0 aliphatic carbocycles. The molecule has 1 amide bonds. The van der Waals surface area contributed by atoms with Crippen LogP contribution in [0, 0.1) is 5.82 Å². The Hall–Kier alpha value is -3.48. The van der Waals surface area contributed by atoms with Gasteiger partial charge < -0.3 is 5.11 Å². The topological polar surface area (TPSA) is 90.4 Å². The van der Waals surface area contributed by atoms with Crippen molar-refractivity contribution in [2.24, 2.45) is 5.10 Å². The molecular formula is C18H15FN4O2. The maximum Gasteiger partial charge on any atom is 0.289 e. The van der Waals surface area contributed by atoms with Crippen LogP contribution in [-0.4, -0.2) is 26.9 Å². The van der Waals surface area contributed by atoms with Crippen molar-refractivity contribution in [1.29, 1.82) is 0 Å². The van der Waals surface area contributed by atoms with E-state index in [9.17, 15) is 14.3 Å². The third kappa shape index (κ3) is 3.72. The molecule has 126 valence electrons. The number of nitrogens with one attached hydrogen (secondary N) is 2. The number of carbonyl (C=O) groups is 1. The van der Waals surface area contributed by atoms with Crippen LogP contribution in [0.2, 0.25) is 0 Å². The molecule has 0 radical (unpaired) electrons. The van der Waals surface area contributed by atoms with Gasteiger partial charge in [0.1, 0.15) is 17.3 Å². The fourth-order valence-corrected chi connectivity index (χ4v) is 2.24. The first-order valence-electron chi connectivity index (χ1n) is 7.49. The molecule has 0 saturated carbocycles. The number of aromatic hydroxyl groups is 1. The lowest BCUT2D eigenvalue weighted by molar-refractivity contribution is 0.0950. The van der Waals surface area contributed by atoms with Gasteiger partial charge in [0, 0.05) is 11.1 Å². The molecule has 1 aromatic heterocycles. The molecule has 7 heteroatoms. The monoisotopic (exact) mass is 338 g/mol. The molecule has 2 aromatic carbocycles. The number of nitrogens with zero attached hydrogens (tertiary/aromatic N) is 2. The molecule has 0 aliphatic heterocycles. The van der Waals surface area contributed by atoms with Crippen molar-refractivity contribution >= 4 is 11.6 Å². The van der Waals surface area contributed by atoms with E-state index in [2.05, 4.69) is 20.7 Å². The first-order valence-corrected chi connectivity index (χ1v) is 7.49. The van der Waals surface area contributed by atoms with Crippen molar-refractivity contribution in [3.05, 3.63) is 71.7 Å². The highest BCUT2D eigenvalue weighted by Gasteiger charge is 2.11. The summed E-state index contributed by atoms with van der Waals surface area (Å²) in [7, 11) is 0. The third-order valence-corrected chi connectivity index (χ3v) is 3.58. The van der Waals surface area contributed by atoms with Gasteiger partial charge in [-0.05, 0) is 49.4 Å². The quantitative estimate of drug-likeness (QED) is 0.504. The van der Waals surface area contributed by atoms with E-state index in [0.29, 0.717) is 22.5 Å². The van der Waals surface area contributed by atoms with Crippen molar-refractivity contribution in [3.63, 3.8) is 0 Å². The van der Waals surface area contributed by atoms with E-state index in [1.165, 1.54) is 12.1 Å². The lowest BCUT2D eigenvalue weighted by Gasteiger charge is -2.03. The zero-order valence-electron chi connectivity index (χ0n) is 13.3. The van der Waals surface area contributed by atoms with Crippen molar-refractivity contribution in [1.82, 2.24) is 15.6 Å². The molecule has 0 aliphatic rings. The van der Waals surface area contributed by atoms with Crippen molar-refractivity contribution in [3.8, 4) is 17.0 Å². The number of halogens is 1. The minimum Gasteiger partial charge on any atom is -0.507 e. The fraction of sp³-hybridized carbons (Fsp3) is 0.0556. The molecule has 3 rings (SSSR count). The van der Waals surface area contributed by atoms with Gasteiger partial charge in [0.05, 0.1) is 11.4 Å². The summed E-state index contributed by atoms with van der Waals surface area (Å²) < 4.78 is 13.0. The number of rotatable bonds is 4. The smallest absolute Gasteiger partial charge is 0.289 e. The normalized spacial score (nSPS) is 11.4. The van der Waals surface area contributed by atoms with Gasteiger partial charge >= 0.3 is 0 Å². The number of phenolic OH excluding ortho intramolecular Hbond substituents is 1. The van der Waals surface area contributed by atoms with Gasteiger partial charge in [-0.15, -0.1) is 0 Å². The third-order valence-electron chi connectivity index (χ3n) is 3.58. The van der Waals surface area contributed by atoms with Crippen LogP contribution < -0.4 is 5.43 Å². The number of aromatic amines is 1. The average molecular weight is 338 g/mol. The number of hydrogen-bond donors (Lipinski definition) is 3. The van der Waals surface area contributed by atoms with Crippen LogP contribution in [0.15, 0.2) is 59.7 Å². The number of para-hydroxylation sites is 1. The Morgan fingerprint density at radius 3 is 2.64 bits per heavy atom. The zero-order valence-corrected chi connectivity index (χ0v) is 13.3. The Kier molecular flexibility index (Phi) is 4.56. The zero-order chi connectivity index (χ0) is 17.8. The standard InChI is InChI=1S/C18H15FN4O2/c1-11(14-4-2-3-5-17(14)24)20-23-18(25)16-10-15(21-22-16)12-6-8-13(19)9-7-12/h2-10,24H,1H3,(H,21,22)(H,23,25)/b20-11+. The summed E-state index contributed by atoms with van der Waals surface area (Å²) in [5.74, 6) is -0.736. The van der Waals surface area contributed by atoms with Crippen LogP contribution in [-0.2, 0) is 0 Å². The number of carbonyl (C=O) groups excluding carboxylic acids is 1. The summed E-state index contributed by atoms with van der Waals surface area (Å²) in [5, 5.41) is 20.4. The molecule has 0 saturated heterocycles. The van der Waals surface area contributed by atoms with Crippen LogP contribution in [0.4, 0.5) is 4.39 Å². The summed E-state index contributed by atoms with van der Waals surface area (Å²) in [6.07, 6.45) is 0. The number of amides is 1. The first-order chi connectivity index (χ1) is 12.0. The molecular weight excluding hydrogens is 323 g/mol. The van der Waals surface area contributed by atoms with Crippen LogP contribution in [0.25, 0.3) is 11.3 Å². The van der Waals surface area contributed by atoms with Gasteiger partial charge in [0.25, 0.3) is 5.91 Å². The summed E-state index contributed by atoms with van der Waals surface area (Å²) in [4.78, 5) is 12.2. The van der Waals surface area contributed by atoms with Crippen molar-refractivity contribution in [2.75, 3.05) is 0 Å². The molecule has 3 N–H and O–H groups in total. The van der Waals surface area contributed by atoms with Crippen LogP contribution >= 0.6 is 0 Å². The molecule has 3 aromatic rings. The Labute approximate surface area is 143 Å². The lowest BCUT2D eigenvalue weighted by atomic mass is 10.1. The second-order valence-electron chi connectivity index (χ2n) is 5.33. The maximum absolute atomic E-state index is 13.0. The van der Waals surface area contributed by atoms with E-state index < -0.39 is 5.91 Å². The minimum atomic E-state index is -0.476. The highest BCUT2D eigenvalue weighted by molar-refractivity contribution is 6.02. The SMILES string of the molecule is C/C(=N\NC(=O)c1cc(-c2ccc(F)cc2)n[nH]1)c1ccccc1O. The van der Waals surface area contributed by atoms with Crippen LogP contribution in [0.3, 0.4) is 0 Å². The van der Waals surface area contributed by atoms with Crippen LogP contribution in [0.1, 0.15) is 23.0 Å². The van der Waals surface area contributed by atoms with Gasteiger partial charge in [0.15, 0.2) is 0 Å². The van der Waals surface area contributed by atoms with Gasteiger partial charge in [-0.25, -0.2) is 9.82 Å². The second kappa shape index (κ2) is 6.96. The molecule has 0 atom stereocenters. The molecule has 0 spiro atoms. The van der Waals surface area contributed by atoms with Gasteiger partial charge in [-0.3, -0.25) is 9.89 Å². The van der Waals surface area contributed by atoms with Crippen molar-refractivity contribution in [2.45, 2.75) is 6.92 Å².